The largest absolute Gasteiger partial charge is 0.507 e. The quantitative estimate of drug-likeness (QED) is 0.370. The number of halogens is 2. The van der Waals surface area contributed by atoms with E-state index in [1.54, 1.807) is 14.1 Å². The molecule has 2 aromatic carbocycles. The van der Waals surface area contributed by atoms with Gasteiger partial charge in [-0.3, -0.25) is 14.4 Å². The molecule has 0 aliphatic heterocycles. The molecule has 11 heteroatoms. The molecule has 2 unspecified atom stereocenters. The molecule has 0 radical (unpaired) electrons. The fourth-order valence-electron chi connectivity index (χ4n) is 6.58. The van der Waals surface area contributed by atoms with E-state index in [-0.39, 0.29) is 29.5 Å². The van der Waals surface area contributed by atoms with E-state index in [0.29, 0.717) is 17.2 Å². The van der Waals surface area contributed by atoms with Crippen LogP contribution in [-0.2, 0) is 20.8 Å². The Balaban J connectivity index is 1.71. The molecule has 9 nitrogen and oxygen atoms in total. The van der Waals surface area contributed by atoms with Gasteiger partial charge >= 0.3 is 0 Å². The fraction of sp³-hybridized carbons (Fsp3) is 0.370. The smallest absolute Gasteiger partial charge is 0.230 e. The molecule has 2 aromatic rings. The number of rotatable bonds is 3. The summed E-state index contributed by atoms with van der Waals surface area (Å²) in [6, 6.07) is 4.52. The van der Waals surface area contributed by atoms with Gasteiger partial charge in [0, 0.05) is 23.6 Å². The van der Waals surface area contributed by atoms with Crippen LogP contribution in [0.3, 0.4) is 0 Å². The number of ketones is 2. The van der Waals surface area contributed by atoms with E-state index in [0.717, 1.165) is 12.1 Å². The minimum Gasteiger partial charge on any atom is -0.507 e. The van der Waals surface area contributed by atoms with Crippen molar-refractivity contribution in [1.29, 1.82) is 0 Å². The average molecular weight is 529 g/mol. The molecule has 0 bridgehead atoms. The molecule has 0 heterocycles. The maximum absolute atomic E-state index is 14.0. The van der Waals surface area contributed by atoms with Crippen LogP contribution in [0.2, 0.25) is 0 Å². The SMILES string of the molecule is CN(C)[C@@H]1C(O)C(C(N)=O)C(=O)[C@@]2(O)C(=O)C3=C(O)c4c(O)ccc(-c5cc(F)cc(F)c5)c4C[C@H]3C[C@@H]12. The number of fused-ring (bicyclic) bond motifs is 3. The Kier molecular flexibility index (Phi) is 5.93. The van der Waals surface area contributed by atoms with Gasteiger partial charge in [-0.15, -0.1) is 0 Å². The van der Waals surface area contributed by atoms with E-state index in [1.165, 1.54) is 17.0 Å². The molecule has 0 spiro atoms. The van der Waals surface area contributed by atoms with Crippen LogP contribution in [0.25, 0.3) is 16.9 Å². The first-order valence-electron chi connectivity index (χ1n) is 12.0. The third kappa shape index (κ3) is 3.49. The van der Waals surface area contributed by atoms with Gasteiger partial charge in [0.1, 0.15) is 29.1 Å². The van der Waals surface area contributed by atoms with Crippen molar-refractivity contribution in [2.24, 2.45) is 23.5 Å². The highest BCUT2D eigenvalue weighted by molar-refractivity contribution is 6.25. The van der Waals surface area contributed by atoms with Crippen molar-refractivity contribution in [3.63, 3.8) is 0 Å². The monoisotopic (exact) mass is 528 g/mol. The zero-order chi connectivity index (χ0) is 27.8. The molecule has 6 atom stereocenters. The lowest BCUT2D eigenvalue weighted by Gasteiger charge is -2.53. The van der Waals surface area contributed by atoms with Crippen molar-refractivity contribution in [2.75, 3.05) is 14.1 Å². The summed E-state index contributed by atoms with van der Waals surface area (Å²) in [7, 11) is 3.11. The molecule has 2 fully saturated rings. The zero-order valence-corrected chi connectivity index (χ0v) is 20.5. The molecular formula is C27H26F2N2O7. The lowest BCUT2D eigenvalue weighted by molar-refractivity contribution is -0.184. The number of primary amides is 1. The van der Waals surface area contributed by atoms with Crippen LogP contribution in [0.4, 0.5) is 8.78 Å². The highest BCUT2D eigenvalue weighted by Gasteiger charge is 2.67. The number of nitrogens with zero attached hydrogens (tertiary/aromatic N) is 1. The summed E-state index contributed by atoms with van der Waals surface area (Å²) in [4.78, 5) is 40.7. The second-order valence-corrected chi connectivity index (χ2v) is 10.4. The number of aliphatic hydroxyl groups excluding tert-OH is 2. The topological polar surface area (TPSA) is 161 Å². The van der Waals surface area contributed by atoms with Crippen LogP contribution in [0.5, 0.6) is 5.75 Å². The lowest BCUT2D eigenvalue weighted by Crippen LogP contribution is -2.73. The number of hydrogen-bond acceptors (Lipinski definition) is 8. The van der Waals surface area contributed by atoms with Crippen LogP contribution >= 0.6 is 0 Å². The highest BCUT2D eigenvalue weighted by Crippen LogP contribution is 2.53. The van der Waals surface area contributed by atoms with Crippen molar-refractivity contribution in [3.8, 4) is 16.9 Å². The van der Waals surface area contributed by atoms with Crippen molar-refractivity contribution in [2.45, 2.75) is 30.6 Å². The minimum absolute atomic E-state index is 0.0125. The Labute approximate surface area is 215 Å². The predicted molar refractivity (Wildman–Crippen MR) is 129 cm³/mol. The van der Waals surface area contributed by atoms with Gasteiger partial charge in [0.15, 0.2) is 11.4 Å². The lowest BCUT2D eigenvalue weighted by atomic mass is 9.54. The fourth-order valence-corrected chi connectivity index (χ4v) is 6.58. The van der Waals surface area contributed by atoms with Crippen LogP contribution in [0.15, 0.2) is 35.9 Å². The van der Waals surface area contributed by atoms with Gasteiger partial charge in [-0.1, -0.05) is 6.07 Å². The summed E-state index contributed by atoms with van der Waals surface area (Å²) in [5.41, 5.74) is 2.91. The van der Waals surface area contributed by atoms with Gasteiger partial charge < -0.3 is 31.1 Å². The third-order valence-corrected chi connectivity index (χ3v) is 8.15. The number of likely N-dealkylation sites (N-methyl/N-ethyl adjacent to an activating group) is 1. The first-order chi connectivity index (χ1) is 17.8. The van der Waals surface area contributed by atoms with E-state index in [1.807, 2.05) is 0 Å². The van der Waals surface area contributed by atoms with Crippen LogP contribution in [0.1, 0.15) is 17.5 Å². The third-order valence-electron chi connectivity index (χ3n) is 8.15. The number of carbonyl (C=O) groups excluding carboxylic acids is 3. The van der Waals surface area contributed by atoms with E-state index in [4.69, 9.17) is 5.73 Å². The molecule has 38 heavy (non-hydrogen) atoms. The summed E-state index contributed by atoms with van der Waals surface area (Å²) in [6.45, 7) is 0. The van der Waals surface area contributed by atoms with Crippen molar-refractivity contribution >= 4 is 23.2 Å². The molecule has 0 aromatic heterocycles. The van der Waals surface area contributed by atoms with E-state index < -0.39 is 76.1 Å². The van der Waals surface area contributed by atoms with Crippen molar-refractivity contribution in [1.82, 2.24) is 4.90 Å². The first-order valence-corrected chi connectivity index (χ1v) is 12.0. The second-order valence-electron chi connectivity index (χ2n) is 10.4. The van der Waals surface area contributed by atoms with Crippen LogP contribution in [0, 0.1) is 29.4 Å². The van der Waals surface area contributed by atoms with Crippen molar-refractivity contribution < 1.29 is 43.6 Å². The number of hydrogen-bond donors (Lipinski definition) is 5. The standard InChI is InChI=1S/C27H26F2N2O7/c1-31(2)21-16-8-11-7-15-14(10-5-12(28)9-13(29)6-10)3-4-17(32)19(15)22(33)18(11)24(35)27(16,38)25(36)20(23(21)34)26(30)37/h3-6,9,11,16,20-21,23,32-34,38H,7-8H2,1-2H3,(H2,30,37)/t11-,16-,20?,21-,23?,27-/m0/s1. The zero-order valence-electron chi connectivity index (χ0n) is 20.5. The number of phenolic OH excluding ortho intramolecular Hbond substituents is 1. The summed E-state index contributed by atoms with van der Waals surface area (Å²) in [5.74, 6) is -10.2. The molecule has 200 valence electrons. The first kappa shape index (κ1) is 26.0. The molecule has 2 saturated carbocycles. The maximum Gasteiger partial charge on any atom is 0.230 e. The number of aromatic hydroxyl groups is 1. The Bertz CT molecular complexity index is 1420. The number of nitrogens with two attached hydrogens (primary N) is 1. The maximum atomic E-state index is 14.0. The van der Waals surface area contributed by atoms with E-state index in [9.17, 15) is 43.6 Å². The second kappa shape index (κ2) is 8.69. The summed E-state index contributed by atoms with van der Waals surface area (Å²) >= 11 is 0. The Morgan fingerprint density at radius 2 is 1.74 bits per heavy atom. The molecule has 1 amide bonds. The van der Waals surface area contributed by atoms with E-state index >= 15 is 0 Å². The molecule has 3 aliphatic carbocycles. The van der Waals surface area contributed by atoms with E-state index in [2.05, 4.69) is 0 Å². The summed E-state index contributed by atoms with van der Waals surface area (Å²) in [5, 5.41) is 44.4. The normalized spacial score (nSPS) is 30.7. The number of phenols is 1. The van der Waals surface area contributed by atoms with Crippen LogP contribution in [-0.4, -0.2) is 74.6 Å². The van der Waals surface area contributed by atoms with Gasteiger partial charge in [-0.25, -0.2) is 8.78 Å². The number of benzene rings is 2. The van der Waals surface area contributed by atoms with Gasteiger partial charge in [0.05, 0.1) is 11.7 Å². The van der Waals surface area contributed by atoms with Gasteiger partial charge in [0.2, 0.25) is 11.7 Å². The molecular weight excluding hydrogens is 502 g/mol. The Morgan fingerprint density at radius 3 is 2.32 bits per heavy atom. The van der Waals surface area contributed by atoms with Gasteiger partial charge in [0.25, 0.3) is 0 Å². The highest BCUT2D eigenvalue weighted by atomic mass is 19.1. The number of aliphatic hydroxyl groups is 3. The Morgan fingerprint density at radius 1 is 1.11 bits per heavy atom. The molecule has 6 N–H and O–H groups in total. The van der Waals surface area contributed by atoms with Gasteiger partial charge in [-0.05, 0) is 67.7 Å². The van der Waals surface area contributed by atoms with Gasteiger partial charge in [-0.2, -0.15) is 0 Å². The Hall–Kier alpha value is -3.67. The minimum atomic E-state index is -2.76. The molecule has 0 saturated heterocycles. The number of amides is 1. The average Bonchev–Trinajstić information content (AvgIpc) is 2.80. The predicted octanol–water partition coefficient (Wildman–Crippen LogP) is 1.07. The summed E-state index contributed by atoms with van der Waals surface area (Å²) < 4.78 is 28.0. The summed E-state index contributed by atoms with van der Waals surface area (Å²) in [6.07, 6.45) is -1.65. The number of Topliss-reactive ketones (excluding diaryl/α,β-unsaturated/α-hetero) is 2. The van der Waals surface area contributed by atoms with Crippen molar-refractivity contribution in [3.05, 3.63) is 58.7 Å². The molecule has 3 aliphatic rings. The number of carbonyl (C=O) groups is 3. The molecule has 5 rings (SSSR count). The van der Waals surface area contributed by atoms with Crippen LogP contribution < -0.4 is 5.73 Å².